The fourth-order valence-electron chi connectivity index (χ4n) is 2.42. The first kappa shape index (κ1) is 12.9. The zero-order valence-electron chi connectivity index (χ0n) is 10.7. The minimum Gasteiger partial charge on any atom is -0.380 e. The van der Waals surface area contributed by atoms with Crippen LogP contribution in [0.4, 0.5) is 0 Å². The molecule has 3 heteroatoms. The number of piperidine rings is 1. The lowest BCUT2D eigenvalue weighted by molar-refractivity contribution is 0.0283. The molecular weight excluding hydrogens is 230 g/mol. The number of hydrogen-bond acceptors (Lipinski definition) is 3. The van der Waals surface area contributed by atoms with E-state index in [0.717, 1.165) is 13.1 Å². The van der Waals surface area contributed by atoms with Crippen molar-refractivity contribution in [3.63, 3.8) is 0 Å². The zero-order valence-corrected chi connectivity index (χ0v) is 11.5. The van der Waals surface area contributed by atoms with Crippen LogP contribution in [0.2, 0.25) is 0 Å². The molecule has 1 atom stereocenters. The van der Waals surface area contributed by atoms with E-state index in [0.29, 0.717) is 6.10 Å². The number of methoxy groups -OCH3 is 1. The van der Waals surface area contributed by atoms with Gasteiger partial charge in [-0.15, -0.1) is 11.8 Å². The number of rotatable bonds is 4. The highest BCUT2D eigenvalue weighted by molar-refractivity contribution is 7.98. The zero-order chi connectivity index (χ0) is 12.1. The van der Waals surface area contributed by atoms with E-state index in [9.17, 15) is 0 Å². The highest BCUT2D eigenvalue weighted by Crippen LogP contribution is 2.23. The Bertz CT molecular complexity index is 356. The van der Waals surface area contributed by atoms with Crippen LogP contribution in [0, 0.1) is 0 Å². The Hall–Kier alpha value is -0.510. The van der Waals surface area contributed by atoms with Crippen LogP contribution in [-0.4, -0.2) is 37.5 Å². The van der Waals surface area contributed by atoms with E-state index in [2.05, 4.69) is 35.4 Å². The van der Waals surface area contributed by atoms with Gasteiger partial charge in [-0.2, -0.15) is 0 Å². The largest absolute Gasteiger partial charge is 0.380 e. The predicted octanol–water partition coefficient (Wildman–Crippen LogP) is 3.02. The number of benzene rings is 1. The Morgan fingerprint density at radius 2 is 2.24 bits per heavy atom. The third-order valence-electron chi connectivity index (χ3n) is 3.38. The second kappa shape index (κ2) is 6.43. The van der Waals surface area contributed by atoms with Gasteiger partial charge in [0.2, 0.25) is 0 Å². The van der Waals surface area contributed by atoms with Gasteiger partial charge in [0.1, 0.15) is 0 Å². The Balaban J connectivity index is 2.00. The lowest BCUT2D eigenvalue weighted by atomic mass is 10.1. The van der Waals surface area contributed by atoms with Crippen LogP contribution < -0.4 is 0 Å². The molecule has 1 aromatic rings. The summed E-state index contributed by atoms with van der Waals surface area (Å²) in [4.78, 5) is 3.90. The van der Waals surface area contributed by atoms with E-state index >= 15 is 0 Å². The highest BCUT2D eigenvalue weighted by Gasteiger charge is 2.19. The summed E-state index contributed by atoms with van der Waals surface area (Å²) in [6.07, 6.45) is 5.02. The average Bonchev–Trinajstić information content (AvgIpc) is 2.39. The first-order valence-corrected chi connectivity index (χ1v) is 7.43. The van der Waals surface area contributed by atoms with Crippen LogP contribution in [0.3, 0.4) is 0 Å². The minimum atomic E-state index is 0.421. The summed E-state index contributed by atoms with van der Waals surface area (Å²) in [5.74, 6) is 0. The van der Waals surface area contributed by atoms with Crippen molar-refractivity contribution in [1.29, 1.82) is 0 Å². The van der Waals surface area contributed by atoms with Crippen molar-refractivity contribution in [2.24, 2.45) is 0 Å². The topological polar surface area (TPSA) is 12.5 Å². The second-order valence-electron chi connectivity index (χ2n) is 4.55. The normalized spacial score (nSPS) is 21.6. The van der Waals surface area contributed by atoms with Gasteiger partial charge >= 0.3 is 0 Å². The number of thioether (sulfide) groups is 1. The fourth-order valence-corrected chi connectivity index (χ4v) is 3.03. The van der Waals surface area contributed by atoms with Crippen molar-refractivity contribution in [1.82, 2.24) is 4.90 Å². The van der Waals surface area contributed by atoms with Crippen molar-refractivity contribution < 1.29 is 4.74 Å². The van der Waals surface area contributed by atoms with E-state index in [1.54, 1.807) is 0 Å². The Morgan fingerprint density at radius 1 is 1.41 bits per heavy atom. The lowest BCUT2D eigenvalue weighted by Gasteiger charge is -2.32. The van der Waals surface area contributed by atoms with Gasteiger partial charge in [-0.25, -0.2) is 0 Å². The molecule has 0 N–H and O–H groups in total. The molecule has 94 valence electrons. The number of likely N-dealkylation sites (tertiary alicyclic amines) is 1. The van der Waals surface area contributed by atoms with E-state index in [1.165, 1.54) is 29.8 Å². The van der Waals surface area contributed by atoms with Gasteiger partial charge in [0.15, 0.2) is 0 Å². The van der Waals surface area contributed by atoms with Crippen LogP contribution in [-0.2, 0) is 11.3 Å². The SMILES string of the molecule is COC1CCCN(Cc2ccccc2SC)C1. The van der Waals surface area contributed by atoms with E-state index in [-0.39, 0.29) is 0 Å². The summed E-state index contributed by atoms with van der Waals surface area (Å²) in [7, 11) is 1.82. The monoisotopic (exact) mass is 251 g/mol. The van der Waals surface area contributed by atoms with E-state index < -0.39 is 0 Å². The molecule has 1 fully saturated rings. The summed E-state index contributed by atoms with van der Waals surface area (Å²) >= 11 is 1.83. The molecule has 0 spiro atoms. The molecule has 0 radical (unpaired) electrons. The predicted molar refractivity (Wildman–Crippen MR) is 73.5 cm³/mol. The van der Waals surface area contributed by atoms with Crippen LogP contribution in [0.15, 0.2) is 29.2 Å². The third kappa shape index (κ3) is 3.47. The average molecular weight is 251 g/mol. The molecule has 0 amide bonds. The molecule has 2 nitrogen and oxygen atoms in total. The molecular formula is C14H21NOS. The third-order valence-corrected chi connectivity index (χ3v) is 4.22. The molecule has 1 aromatic carbocycles. The van der Waals surface area contributed by atoms with E-state index in [4.69, 9.17) is 4.74 Å². The molecule has 0 aromatic heterocycles. The fraction of sp³-hybridized carbons (Fsp3) is 0.571. The van der Waals surface area contributed by atoms with Gasteiger partial charge in [0, 0.05) is 25.1 Å². The molecule has 1 aliphatic heterocycles. The van der Waals surface area contributed by atoms with Crippen molar-refractivity contribution in [2.45, 2.75) is 30.4 Å². The summed E-state index contributed by atoms with van der Waals surface area (Å²) in [5, 5.41) is 0. The minimum absolute atomic E-state index is 0.421. The van der Waals surface area contributed by atoms with E-state index in [1.807, 2.05) is 18.9 Å². The summed E-state index contributed by atoms with van der Waals surface area (Å²) < 4.78 is 5.47. The summed E-state index contributed by atoms with van der Waals surface area (Å²) in [6, 6.07) is 8.69. The molecule has 1 saturated heterocycles. The van der Waals surface area contributed by atoms with Crippen molar-refractivity contribution >= 4 is 11.8 Å². The lowest BCUT2D eigenvalue weighted by Crippen LogP contribution is -2.38. The van der Waals surface area contributed by atoms with Gasteiger partial charge in [-0.05, 0) is 37.3 Å². The Labute approximate surface area is 108 Å². The van der Waals surface area contributed by atoms with Crippen molar-refractivity contribution in [3.8, 4) is 0 Å². The smallest absolute Gasteiger partial charge is 0.0698 e. The quantitative estimate of drug-likeness (QED) is 0.763. The van der Waals surface area contributed by atoms with Crippen LogP contribution in [0.1, 0.15) is 18.4 Å². The van der Waals surface area contributed by atoms with Gasteiger partial charge in [0.05, 0.1) is 6.10 Å². The first-order valence-electron chi connectivity index (χ1n) is 6.20. The van der Waals surface area contributed by atoms with Gasteiger partial charge in [-0.1, -0.05) is 18.2 Å². The second-order valence-corrected chi connectivity index (χ2v) is 5.39. The first-order chi connectivity index (χ1) is 8.33. The Kier molecular flexibility index (Phi) is 4.89. The van der Waals surface area contributed by atoms with Gasteiger partial charge < -0.3 is 4.74 Å². The summed E-state index contributed by atoms with van der Waals surface area (Å²) in [6.45, 7) is 3.32. The molecule has 0 aliphatic carbocycles. The maximum atomic E-state index is 5.47. The summed E-state index contributed by atoms with van der Waals surface area (Å²) in [5.41, 5.74) is 1.44. The maximum Gasteiger partial charge on any atom is 0.0698 e. The molecule has 0 bridgehead atoms. The highest BCUT2D eigenvalue weighted by atomic mass is 32.2. The molecule has 2 rings (SSSR count). The number of ether oxygens (including phenoxy) is 1. The van der Waals surface area contributed by atoms with Crippen LogP contribution in [0.5, 0.6) is 0 Å². The van der Waals surface area contributed by atoms with Crippen LogP contribution in [0.25, 0.3) is 0 Å². The molecule has 0 saturated carbocycles. The number of hydrogen-bond donors (Lipinski definition) is 0. The standard InChI is InChI=1S/C14H21NOS/c1-16-13-7-5-9-15(11-13)10-12-6-3-4-8-14(12)17-2/h3-4,6,8,13H,5,7,9-11H2,1-2H3. The number of nitrogens with zero attached hydrogens (tertiary/aromatic N) is 1. The molecule has 17 heavy (non-hydrogen) atoms. The van der Waals surface area contributed by atoms with Crippen molar-refractivity contribution in [3.05, 3.63) is 29.8 Å². The Morgan fingerprint density at radius 3 is 3.00 bits per heavy atom. The van der Waals surface area contributed by atoms with Crippen molar-refractivity contribution in [2.75, 3.05) is 26.5 Å². The van der Waals surface area contributed by atoms with Gasteiger partial charge in [0.25, 0.3) is 0 Å². The maximum absolute atomic E-state index is 5.47. The van der Waals surface area contributed by atoms with Crippen LogP contribution >= 0.6 is 11.8 Å². The molecule has 1 unspecified atom stereocenters. The molecule has 1 heterocycles. The van der Waals surface area contributed by atoms with Gasteiger partial charge in [-0.3, -0.25) is 4.90 Å². The molecule has 1 aliphatic rings.